The predicted octanol–water partition coefficient (Wildman–Crippen LogP) is 1.16. The summed E-state index contributed by atoms with van der Waals surface area (Å²) in [4.78, 5) is 42.6. The van der Waals surface area contributed by atoms with Crippen LogP contribution >= 0.6 is 0 Å². The van der Waals surface area contributed by atoms with Gasteiger partial charge in [0.15, 0.2) is 0 Å². The topological polar surface area (TPSA) is 118 Å². The van der Waals surface area contributed by atoms with Crippen LogP contribution in [0.25, 0.3) is 0 Å². The van der Waals surface area contributed by atoms with E-state index in [1.165, 1.54) is 14.4 Å². The van der Waals surface area contributed by atoms with E-state index in [9.17, 15) is 14.4 Å². The maximum absolute atomic E-state index is 12.6. The van der Waals surface area contributed by atoms with Gasteiger partial charge in [0, 0.05) is 14.1 Å². The average molecular weight is 411 g/mol. The molecule has 0 spiro atoms. The third-order valence-electron chi connectivity index (χ3n) is 4.77. The van der Waals surface area contributed by atoms with E-state index >= 15 is 0 Å². The van der Waals surface area contributed by atoms with Crippen LogP contribution in [0.15, 0.2) is 56.5 Å². The monoisotopic (exact) mass is 411 g/mol. The van der Waals surface area contributed by atoms with Gasteiger partial charge in [0.25, 0.3) is 5.56 Å². The number of carbonyl (C=O) groups excluding carboxylic acids is 1. The molecule has 2 aromatic heterocycles. The van der Waals surface area contributed by atoms with Crippen molar-refractivity contribution in [2.24, 2.45) is 0 Å². The van der Waals surface area contributed by atoms with Crippen LogP contribution in [0.2, 0.25) is 0 Å². The number of aromatic nitrogens is 2. The molecular formula is C21H25N5O4. The molecule has 0 aliphatic carbocycles. The Labute approximate surface area is 173 Å². The minimum atomic E-state index is -0.638. The molecule has 30 heavy (non-hydrogen) atoms. The molecule has 1 amide bonds. The second kappa shape index (κ2) is 8.73. The summed E-state index contributed by atoms with van der Waals surface area (Å²) < 4.78 is 6.78. The summed E-state index contributed by atoms with van der Waals surface area (Å²) in [5.41, 5.74) is 5.86. The number of carbonyl (C=O) groups is 1. The van der Waals surface area contributed by atoms with Gasteiger partial charge < -0.3 is 20.0 Å². The molecule has 0 aliphatic heterocycles. The van der Waals surface area contributed by atoms with E-state index < -0.39 is 11.2 Å². The number of furan rings is 1. The van der Waals surface area contributed by atoms with Crippen molar-refractivity contribution in [2.45, 2.75) is 20.0 Å². The number of anilines is 2. The number of nitrogens with two attached hydrogens (primary N) is 1. The SMILES string of the molecule is Cc1ccc(CN(C)C(=O)CN(C)c2c(N)n(Cc3ccccc3)c(=O)[nH]c2=O)o1. The van der Waals surface area contributed by atoms with Gasteiger partial charge in [-0.15, -0.1) is 0 Å². The number of aromatic amines is 1. The fraction of sp³-hybridized carbons (Fsp3) is 0.286. The Hall–Kier alpha value is -3.75. The van der Waals surface area contributed by atoms with E-state index in [-0.39, 0.29) is 30.5 Å². The van der Waals surface area contributed by atoms with Crippen LogP contribution in [0.3, 0.4) is 0 Å². The fourth-order valence-electron chi connectivity index (χ4n) is 3.16. The Morgan fingerprint density at radius 1 is 1.13 bits per heavy atom. The van der Waals surface area contributed by atoms with Crippen molar-refractivity contribution in [3.8, 4) is 0 Å². The van der Waals surface area contributed by atoms with Crippen LogP contribution < -0.4 is 21.9 Å². The summed E-state index contributed by atoms with van der Waals surface area (Å²) in [6.45, 7) is 2.25. The number of benzene rings is 1. The van der Waals surface area contributed by atoms with Crippen LogP contribution in [-0.4, -0.2) is 41.0 Å². The third kappa shape index (κ3) is 4.62. The Morgan fingerprint density at radius 3 is 2.47 bits per heavy atom. The van der Waals surface area contributed by atoms with Crippen LogP contribution in [0.5, 0.6) is 0 Å². The van der Waals surface area contributed by atoms with E-state index in [2.05, 4.69) is 4.98 Å². The normalized spacial score (nSPS) is 10.8. The van der Waals surface area contributed by atoms with E-state index in [0.717, 1.165) is 11.3 Å². The lowest BCUT2D eigenvalue weighted by atomic mass is 10.2. The fourth-order valence-corrected chi connectivity index (χ4v) is 3.16. The maximum atomic E-state index is 12.6. The minimum Gasteiger partial charge on any atom is -0.464 e. The number of nitrogens with zero attached hydrogens (tertiary/aromatic N) is 3. The molecule has 0 saturated heterocycles. The van der Waals surface area contributed by atoms with Crippen LogP contribution in [-0.2, 0) is 17.9 Å². The number of hydrogen-bond donors (Lipinski definition) is 2. The maximum Gasteiger partial charge on any atom is 0.330 e. The zero-order valence-electron chi connectivity index (χ0n) is 17.2. The molecule has 0 aliphatic rings. The van der Waals surface area contributed by atoms with Gasteiger partial charge in [-0.05, 0) is 24.6 Å². The molecule has 3 N–H and O–H groups in total. The molecule has 0 saturated carbocycles. The number of amides is 1. The predicted molar refractivity (Wildman–Crippen MR) is 114 cm³/mol. The number of rotatable bonds is 7. The number of likely N-dealkylation sites (N-methyl/N-ethyl adjacent to an activating group) is 2. The number of nitrogen functional groups attached to an aromatic ring is 1. The summed E-state index contributed by atoms with van der Waals surface area (Å²) >= 11 is 0. The van der Waals surface area contributed by atoms with Crippen molar-refractivity contribution < 1.29 is 9.21 Å². The van der Waals surface area contributed by atoms with E-state index in [1.54, 1.807) is 14.1 Å². The molecule has 3 rings (SSSR count). The Kier molecular flexibility index (Phi) is 6.10. The quantitative estimate of drug-likeness (QED) is 0.603. The first-order valence-electron chi connectivity index (χ1n) is 9.43. The van der Waals surface area contributed by atoms with Gasteiger partial charge in [0.05, 0.1) is 19.6 Å². The second-order valence-electron chi connectivity index (χ2n) is 7.18. The summed E-state index contributed by atoms with van der Waals surface area (Å²) in [6, 6.07) is 12.9. The van der Waals surface area contributed by atoms with Crippen molar-refractivity contribution in [1.29, 1.82) is 0 Å². The Balaban J connectivity index is 1.80. The smallest absolute Gasteiger partial charge is 0.330 e. The first kappa shape index (κ1) is 21.0. The number of H-pyrrole nitrogens is 1. The summed E-state index contributed by atoms with van der Waals surface area (Å²) in [7, 11) is 3.24. The largest absolute Gasteiger partial charge is 0.464 e. The molecule has 3 aromatic rings. The van der Waals surface area contributed by atoms with Gasteiger partial charge in [-0.2, -0.15) is 0 Å². The third-order valence-corrected chi connectivity index (χ3v) is 4.77. The molecule has 9 heteroatoms. The van der Waals surface area contributed by atoms with Crippen molar-refractivity contribution in [3.05, 3.63) is 80.4 Å². The van der Waals surface area contributed by atoms with Gasteiger partial charge in [-0.3, -0.25) is 19.1 Å². The van der Waals surface area contributed by atoms with E-state index in [1.807, 2.05) is 49.4 Å². The lowest BCUT2D eigenvalue weighted by Gasteiger charge is -2.24. The molecule has 0 radical (unpaired) electrons. The lowest BCUT2D eigenvalue weighted by Crippen LogP contribution is -2.41. The van der Waals surface area contributed by atoms with Gasteiger partial charge in [0.2, 0.25) is 5.91 Å². The van der Waals surface area contributed by atoms with Gasteiger partial charge in [-0.25, -0.2) is 4.79 Å². The highest BCUT2D eigenvalue weighted by Crippen LogP contribution is 2.17. The zero-order chi connectivity index (χ0) is 21.8. The summed E-state index contributed by atoms with van der Waals surface area (Å²) in [6.07, 6.45) is 0. The van der Waals surface area contributed by atoms with Crippen LogP contribution in [0, 0.1) is 6.92 Å². The number of hydrogen-bond acceptors (Lipinski definition) is 6. The molecule has 0 atom stereocenters. The molecule has 1 aromatic carbocycles. The van der Waals surface area contributed by atoms with Crippen LogP contribution in [0.4, 0.5) is 11.5 Å². The van der Waals surface area contributed by atoms with Crippen molar-refractivity contribution >= 4 is 17.4 Å². The first-order valence-corrected chi connectivity index (χ1v) is 9.43. The highest BCUT2D eigenvalue weighted by molar-refractivity contribution is 5.82. The Morgan fingerprint density at radius 2 is 1.83 bits per heavy atom. The average Bonchev–Trinajstić information content (AvgIpc) is 3.10. The van der Waals surface area contributed by atoms with Crippen molar-refractivity contribution in [1.82, 2.24) is 14.5 Å². The number of aryl methyl sites for hydroxylation is 1. The van der Waals surface area contributed by atoms with Crippen molar-refractivity contribution in [3.63, 3.8) is 0 Å². The molecule has 9 nitrogen and oxygen atoms in total. The van der Waals surface area contributed by atoms with Crippen molar-refractivity contribution in [2.75, 3.05) is 31.3 Å². The molecule has 0 bridgehead atoms. The molecular weight excluding hydrogens is 386 g/mol. The summed E-state index contributed by atoms with van der Waals surface area (Å²) in [5.74, 6) is 1.21. The van der Waals surface area contributed by atoms with E-state index in [4.69, 9.17) is 10.2 Å². The molecule has 0 unspecified atom stereocenters. The standard InChI is InChI=1S/C21H25N5O4/c1-14-9-10-16(30-14)12-24(2)17(27)13-25(3)18-19(22)26(21(29)23-20(18)28)11-15-7-5-4-6-8-15/h4-10H,11-13,22H2,1-3H3,(H,23,28,29). The van der Waals surface area contributed by atoms with Gasteiger partial charge in [-0.1, -0.05) is 30.3 Å². The Bertz CT molecular complexity index is 1150. The number of nitrogens with one attached hydrogen (secondary N) is 1. The highest BCUT2D eigenvalue weighted by Gasteiger charge is 2.20. The summed E-state index contributed by atoms with van der Waals surface area (Å²) in [5, 5.41) is 0. The minimum absolute atomic E-state index is 0.00668. The molecule has 2 heterocycles. The zero-order valence-corrected chi connectivity index (χ0v) is 17.2. The second-order valence-corrected chi connectivity index (χ2v) is 7.18. The first-order chi connectivity index (χ1) is 14.3. The highest BCUT2D eigenvalue weighted by atomic mass is 16.3. The molecule has 158 valence electrons. The van der Waals surface area contributed by atoms with Gasteiger partial charge >= 0.3 is 5.69 Å². The van der Waals surface area contributed by atoms with Gasteiger partial charge in [0.1, 0.15) is 23.0 Å². The lowest BCUT2D eigenvalue weighted by molar-refractivity contribution is -0.129. The molecule has 0 fully saturated rings. The van der Waals surface area contributed by atoms with Crippen LogP contribution in [0.1, 0.15) is 17.1 Å². The van der Waals surface area contributed by atoms with E-state index in [0.29, 0.717) is 12.3 Å².